The first-order valence-corrected chi connectivity index (χ1v) is 8.89. The van der Waals surface area contributed by atoms with Crippen molar-refractivity contribution in [3.63, 3.8) is 0 Å². The van der Waals surface area contributed by atoms with Crippen LogP contribution < -0.4 is 14.8 Å². The number of para-hydroxylation sites is 1. The van der Waals surface area contributed by atoms with Crippen LogP contribution in [0.2, 0.25) is 0 Å². The Hall–Kier alpha value is -2.11. The summed E-state index contributed by atoms with van der Waals surface area (Å²) in [5, 5.41) is 3.49. The number of aromatic nitrogens is 1. The number of benzene rings is 1. The molecule has 1 unspecified atom stereocenters. The third-order valence-electron chi connectivity index (χ3n) is 4.74. The summed E-state index contributed by atoms with van der Waals surface area (Å²) in [6.07, 6.45) is 3.86. The predicted molar refractivity (Wildman–Crippen MR) is 99.3 cm³/mol. The molecule has 1 fully saturated rings. The molecule has 3 rings (SSSR count). The molecule has 0 bridgehead atoms. The molecule has 0 amide bonds. The molecule has 1 aromatic carbocycles. The summed E-state index contributed by atoms with van der Waals surface area (Å²) in [7, 11) is 3.40. The third kappa shape index (κ3) is 4.30. The van der Waals surface area contributed by atoms with E-state index in [0.29, 0.717) is 0 Å². The third-order valence-corrected chi connectivity index (χ3v) is 4.74. The molecule has 0 aliphatic carbocycles. The van der Waals surface area contributed by atoms with Crippen molar-refractivity contribution in [1.82, 2.24) is 15.2 Å². The summed E-state index contributed by atoms with van der Waals surface area (Å²) in [6, 6.07) is 12.4. The highest BCUT2D eigenvalue weighted by Gasteiger charge is 2.26. The minimum Gasteiger partial charge on any atom is -0.493 e. The number of rotatable bonds is 6. The van der Waals surface area contributed by atoms with Crippen molar-refractivity contribution >= 4 is 0 Å². The summed E-state index contributed by atoms with van der Waals surface area (Å²) >= 11 is 0. The van der Waals surface area contributed by atoms with Gasteiger partial charge in [0.25, 0.3) is 0 Å². The average Bonchev–Trinajstić information content (AvgIpc) is 2.95. The highest BCUT2D eigenvalue weighted by atomic mass is 16.5. The van der Waals surface area contributed by atoms with E-state index >= 15 is 0 Å². The Kier molecular flexibility index (Phi) is 6.25. The van der Waals surface area contributed by atoms with Crippen LogP contribution in [0.15, 0.2) is 42.6 Å². The Labute approximate surface area is 150 Å². The summed E-state index contributed by atoms with van der Waals surface area (Å²) < 4.78 is 11.2. The highest BCUT2D eigenvalue weighted by molar-refractivity contribution is 5.48. The summed E-state index contributed by atoms with van der Waals surface area (Å²) in [4.78, 5) is 7.08. The van der Waals surface area contributed by atoms with Crippen molar-refractivity contribution in [3.8, 4) is 11.5 Å². The molecular formula is C20H27N3O2. The first-order valence-electron chi connectivity index (χ1n) is 8.89. The summed E-state index contributed by atoms with van der Waals surface area (Å²) in [6.45, 7) is 4.15. The van der Waals surface area contributed by atoms with Crippen LogP contribution in [-0.2, 0) is 6.42 Å². The standard InChI is InChI=1S/C20H27N3O2/c1-24-19-9-5-8-17(20(19)25-2)18(15-16-7-3-4-11-22-16)23-13-6-10-21-12-14-23/h3-5,7-9,11,18,21H,6,10,12-15H2,1-2H3. The average molecular weight is 341 g/mol. The van der Waals surface area contributed by atoms with Gasteiger partial charge in [0, 0.05) is 49.6 Å². The Bertz CT molecular complexity index is 655. The van der Waals surface area contributed by atoms with Gasteiger partial charge in [0.15, 0.2) is 11.5 Å². The number of nitrogens with zero attached hydrogens (tertiary/aromatic N) is 2. The van der Waals surface area contributed by atoms with E-state index in [0.717, 1.165) is 61.8 Å². The number of pyridine rings is 1. The Morgan fingerprint density at radius 1 is 1.08 bits per heavy atom. The Balaban J connectivity index is 1.98. The van der Waals surface area contributed by atoms with Gasteiger partial charge in [-0.2, -0.15) is 0 Å². The predicted octanol–water partition coefficient (Wildman–Crippen LogP) is 2.68. The van der Waals surface area contributed by atoms with Crippen LogP contribution in [0, 0.1) is 0 Å². The zero-order valence-electron chi connectivity index (χ0n) is 15.1. The normalized spacial score (nSPS) is 16.9. The van der Waals surface area contributed by atoms with Crippen LogP contribution in [0.5, 0.6) is 11.5 Å². The van der Waals surface area contributed by atoms with Crippen molar-refractivity contribution in [2.45, 2.75) is 18.9 Å². The van der Waals surface area contributed by atoms with Gasteiger partial charge in [-0.25, -0.2) is 0 Å². The topological polar surface area (TPSA) is 46.6 Å². The second-order valence-corrected chi connectivity index (χ2v) is 6.26. The number of hydrogen-bond donors (Lipinski definition) is 1. The Morgan fingerprint density at radius 2 is 2.00 bits per heavy atom. The monoisotopic (exact) mass is 341 g/mol. The maximum atomic E-state index is 5.72. The van der Waals surface area contributed by atoms with Gasteiger partial charge >= 0.3 is 0 Å². The van der Waals surface area contributed by atoms with Gasteiger partial charge in [-0.05, 0) is 31.2 Å². The lowest BCUT2D eigenvalue weighted by Gasteiger charge is -2.32. The van der Waals surface area contributed by atoms with Gasteiger partial charge in [-0.15, -0.1) is 0 Å². The van der Waals surface area contributed by atoms with Crippen molar-refractivity contribution in [2.24, 2.45) is 0 Å². The van der Waals surface area contributed by atoms with E-state index < -0.39 is 0 Å². The van der Waals surface area contributed by atoms with Gasteiger partial charge < -0.3 is 14.8 Å². The quantitative estimate of drug-likeness (QED) is 0.875. The lowest BCUT2D eigenvalue weighted by molar-refractivity contribution is 0.202. The molecule has 5 heteroatoms. The van der Waals surface area contributed by atoms with Gasteiger partial charge in [-0.1, -0.05) is 18.2 Å². The van der Waals surface area contributed by atoms with Gasteiger partial charge in [0.2, 0.25) is 0 Å². The minimum atomic E-state index is 0.208. The number of hydrogen-bond acceptors (Lipinski definition) is 5. The summed E-state index contributed by atoms with van der Waals surface area (Å²) in [5.74, 6) is 1.60. The molecule has 1 aliphatic heterocycles. The number of methoxy groups -OCH3 is 2. The van der Waals surface area contributed by atoms with E-state index in [2.05, 4.69) is 27.3 Å². The molecule has 2 aromatic rings. The molecule has 1 aliphatic rings. The largest absolute Gasteiger partial charge is 0.493 e. The number of ether oxygens (including phenoxy) is 2. The smallest absolute Gasteiger partial charge is 0.165 e. The second-order valence-electron chi connectivity index (χ2n) is 6.26. The van der Waals surface area contributed by atoms with E-state index in [-0.39, 0.29) is 6.04 Å². The first kappa shape index (κ1) is 17.7. The van der Waals surface area contributed by atoms with E-state index in [1.54, 1.807) is 14.2 Å². The molecule has 0 radical (unpaired) electrons. The van der Waals surface area contributed by atoms with Crippen molar-refractivity contribution < 1.29 is 9.47 Å². The molecule has 134 valence electrons. The highest BCUT2D eigenvalue weighted by Crippen LogP contribution is 2.38. The maximum absolute atomic E-state index is 5.72. The van der Waals surface area contributed by atoms with Gasteiger partial charge in [0.05, 0.1) is 14.2 Å². The fourth-order valence-electron chi connectivity index (χ4n) is 3.51. The van der Waals surface area contributed by atoms with Crippen LogP contribution >= 0.6 is 0 Å². The van der Waals surface area contributed by atoms with E-state index in [4.69, 9.17) is 9.47 Å². The lowest BCUT2D eigenvalue weighted by Crippen LogP contribution is -2.34. The van der Waals surface area contributed by atoms with E-state index in [1.165, 1.54) is 0 Å². The zero-order valence-corrected chi connectivity index (χ0v) is 15.1. The SMILES string of the molecule is COc1cccc(C(Cc2ccccn2)N2CCCNCC2)c1OC. The van der Waals surface area contributed by atoms with Crippen LogP contribution in [0.1, 0.15) is 23.7 Å². The molecule has 1 N–H and O–H groups in total. The van der Waals surface area contributed by atoms with Crippen molar-refractivity contribution in [1.29, 1.82) is 0 Å². The molecule has 0 spiro atoms. The maximum Gasteiger partial charge on any atom is 0.165 e. The second kappa shape index (κ2) is 8.83. The van der Waals surface area contributed by atoms with Crippen molar-refractivity contribution in [2.75, 3.05) is 40.4 Å². The molecule has 25 heavy (non-hydrogen) atoms. The molecule has 2 heterocycles. The van der Waals surface area contributed by atoms with Gasteiger partial charge in [-0.3, -0.25) is 9.88 Å². The van der Waals surface area contributed by atoms with Crippen molar-refractivity contribution in [3.05, 3.63) is 53.9 Å². The molecule has 0 saturated carbocycles. The van der Waals surface area contributed by atoms with E-state index in [9.17, 15) is 0 Å². The minimum absolute atomic E-state index is 0.208. The van der Waals surface area contributed by atoms with Crippen LogP contribution in [0.4, 0.5) is 0 Å². The molecule has 5 nitrogen and oxygen atoms in total. The Morgan fingerprint density at radius 3 is 2.76 bits per heavy atom. The fraction of sp³-hybridized carbons (Fsp3) is 0.450. The molecule has 1 aromatic heterocycles. The summed E-state index contributed by atoms with van der Waals surface area (Å²) in [5.41, 5.74) is 2.25. The van der Waals surface area contributed by atoms with Crippen LogP contribution in [0.3, 0.4) is 0 Å². The lowest BCUT2D eigenvalue weighted by atomic mass is 9.98. The molecular weight excluding hydrogens is 314 g/mol. The van der Waals surface area contributed by atoms with Crippen LogP contribution in [-0.4, -0.2) is 50.3 Å². The van der Waals surface area contributed by atoms with Crippen LogP contribution in [0.25, 0.3) is 0 Å². The fourth-order valence-corrected chi connectivity index (χ4v) is 3.51. The molecule has 1 saturated heterocycles. The zero-order chi connectivity index (χ0) is 17.5. The number of nitrogens with one attached hydrogen (secondary N) is 1. The molecule has 1 atom stereocenters. The van der Waals surface area contributed by atoms with Gasteiger partial charge in [0.1, 0.15) is 0 Å². The van der Waals surface area contributed by atoms with E-state index in [1.807, 2.05) is 30.5 Å². The first-order chi connectivity index (χ1) is 12.3.